The van der Waals surface area contributed by atoms with Crippen molar-refractivity contribution in [2.75, 3.05) is 31.1 Å². The summed E-state index contributed by atoms with van der Waals surface area (Å²) >= 11 is 12.1. The molecule has 1 aliphatic heterocycles. The third-order valence-electron chi connectivity index (χ3n) is 5.38. The summed E-state index contributed by atoms with van der Waals surface area (Å²) in [6.07, 6.45) is 2.56. The molecule has 2 aromatic carbocycles. The van der Waals surface area contributed by atoms with Crippen molar-refractivity contribution < 1.29 is 9.21 Å². The van der Waals surface area contributed by atoms with Crippen LogP contribution in [0, 0.1) is 6.92 Å². The zero-order valence-corrected chi connectivity index (χ0v) is 18.3. The average molecular weight is 444 g/mol. The lowest BCUT2D eigenvalue weighted by Crippen LogP contribution is -2.49. The SMILES string of the molecule is Cc1ccc(Cl)cc1N1CCN(C(=O)CCc2ncc(-c3ccc(Cl)cc3)o2)CC1. The molecule has 1 saturated heterocycles. The van der Waals surface area contributed by atoms with E-state index in [2.05, 4.69) is 16.8 Å². The Morgan fingerprint density at radius 3 is 2.47 bits per heavy atom. The number of nitrogens with zero attached hydrogens (tertiary/aromatic N) is 3. The van der Waals surface area contributed by atoms with Crippen LogP contribution in [0.25, 0.3) is 11.3 Å². The normalized spacial score (nSPS) is 14.2. The van der Waals surface area contributed by atoms with E-state index in [1.807, 2.05) is 47.4 Å². The molecule has 156 valence electrons. The molecule has 0 aliphatic carbocycles. The molecule has 0 N–H and O–H groups in total. The largest absolute Gasteiger partial charge is 0.441 e. The minimum Gasteiger partial charge on any atom is -0.441 e. The van der Waals surface area contributed by atoms with Crippen LogP contribution in [0.2, 0.25) is 10.0 Å². The molecule has 1 amide bonds. The van der Waals surface area contributed by atoms with Gasteiger partial charge in [-0.3, -0.25) is 4.79 Å². The number of piperazine rings is 1. The van der Waals surface area contributed by atoms with Gasteiger partial charge in [-0.15, -0.1) is 0 Å². The molecule has 2 heterocycles. The molecule has 5 nitrogen and oxygen atoms in total. The standard InChI is InChI=1S/C23H23Cl2N3O2/c1-16-2-5-19(25)14-20(16)27-10-12-28(13-11-27)23(29)9-8-22-26-15-21(30-22)17-3-6-18(24)7-4-17/h2-7,14-15H,8-13H2,1H3. The van der Waals surface area contributed by atoms with Gasteiger partial charge in [0.15, 0.2) is 11.7 Å². The van der Waals surface area contributed by atoms with Crippen LogP contribution in [0.5, 0.6) is 0 Å². The summed E-state index contributed by atoms with van der Waals surface area (Å²) in [5.74, 6) is 1.38. The van der Waals surface area contributed by atoms with Gasteiger partial charge in [-0.05, 0) is 48.9 Å². The van der Waals surface area contributed by atoms with E-state index in [1.165, 1.54) is 5.56 Å². The van der Waals surface area contributed by atoms with Crippen LogP contribution in [0.4, 0.5) is 5.69 Å². The maximum Gasteiger partial charge on any atom is 0.223 e. The lowest BCUT2D eigenvalue weighted by atomic mass is 10.1. The van der Waals surface area contributed by atoms with Crippen LogP contribution in [-0.2, 0) is 11.2 Å². The zero-order chi connectivity index (χ0) is 21.1. The molecule has 0 saturated carbocycles. The molecule has 0 spiro atoms. The van der Waals surface area contributed by atoms with Crippen molar-refractivity contribution in [2.45, 2.75) is 19.8 Å². The molecular formula is C23H23Cl2N3O2. The second kappa shape index (κ2) is 9.11. The Bertz CT molecular complexity index is 1030. The van der Waals surface area contributed by atoms with Crippen LogP contribution in [0.1, 0.15) is 17.9 Å². The third-order valence-corrected chi connectivity index (χ3v) is 5.87. The minimum atomic E-state index is 0.128. The average Bonchev–Trinajstić information content (AvgIpc) is 3.23. The number of oxazole rings is 1. The van der Waals surface area contributed by atoms with Gasteiger partial charge in [0.2, 0.25) is 5.91 Å². The number of benzene rings is 2. The molecule has 7 heteroatoms. The van der Waals surface area contributed by atoms with E-state index in [-0.39, 0.29) is 5.91 Å². The van der Waals surface area contributed by atoms with Crippen LogP contribution < -0.4 is 4.90 Å². The Morgan fingerprint density at radius 2 is 1.73 bits per heavy atom. The van der Waals surface area contributed by atoms with Gasteiger partial charge >= 0.3 is 0 Å². The van der Waals surface area contributed by atoms with Crippen LogP contribution in [0.3, 0.4) is 0 Å². The number of carbonyl (C=O) groups excluding carboxylic acids is 1. The first-order valence-electron chi connectivity index (χ1n) is 9.99. The summed E-state index contributed by atoms with van der Waals surface area (Å²) in [5, 5.41) is 1.41. The van der Waals surface area contributed by atoms with Gasteiger partial charge in [-0.1, -0.05) is 29.3 Å². The first-order chi connectivity index (χ1) is 14.5. The molecule has 0 radical (unpaired) electrons. The number of hydrogen-bond donors (Lipinski definition) is 0. The molecule has 4 rings (SSSR count). The minimum absolute atomic E-state index is 0.128. The Morgan fingerprint density at radius 1 is 1.03 bits per heavy atom. The molecule has 0 bridgehead atoms. The number of hydrogen-bond acceptors (Lipinski definition) is 4. The fourth-order valence-electron chi connectivity index (χ4n) is 3.67. The van der Waals surface area contributed by atoms with Crippen molar-refractivity contribution in [2.24, 2.45) is 0 Å². The highest BCUT2D eigenvalue weighted by Crippen LogP contribution is 2.26. The lowest BCUT2D eigenvalue weighted by Gasteiger charge is -2.37. The highest BCUT2D eigenvalue weighted by molar-refractivity contribution is 6.31. The van der Waals surface area contributed by atoms with Gasteiger partial charge in [-0.2, -0.15) is 0 Å². The molecular weight excluding hydrogens is 421 g/mol. The second-order valence-electron chi connectivity index (χ2n) is 7.42. The molecule has 1 fully saturated rings. The predicted molar refractivity (Wildman–Crippen MR) is 120 cm³/mol. The fourth-order valence-corrected chi connectivity index (χ4v) is 3.96. The highest BCUT2D eigenvalue weighted by Gasteiger charge is 2.22. The second-order valence-corrected chi connectivity index (χ2v) is 8.30. The van der Waals surface area contributed by atoms with Crippen molar-refractivity contribution in [1.29, 1.82) is 0 Å². The maximum absolute atomic E-state index is 12.7. The summed E-state index contributed by atoms with van der Waals surface area (Å²) in [7, 11) is 0. The van der Waals surface area contributed by atoms with Crippen LogP contribution in [0.15, 0.2) is 53.1 Å². The smallest absolute Gasteiger partial charge is 0.223 e. The van der Waals surface area contributed by atoms with Crippen LogP contribution in [-0.4, -0.2) is 42.0 Å². The van der Waals surface area contributed by atoms with Crippen molar-refractivity contribution in [1.82, 2.24) is 9.88 Å². The lowest BCUT2D eigenvalue weighted by molar-refractivity contribution is -0.131. The highest BCUT2D eigenvalue weighted by atomic mass is 35.5. The molecule has 0 atom stereocenters. The van der Waals surface area contributed by atoms with Crippen molar-refractivity contribution in [3.8, 4) is 11.3 Å². The van der Waals surface area contributed by atoms with Gasteiger partial charge in [-0.25, -0.2) is 4.98 Å². The number of amides is 1. The number of halogens is 2. The van der Waals surface area contributed by atoms with E-state index >= 15 is 0 Å². The number of aromatic nitrogens is 1. The van der Waals surface area contributed by atoms with Crippen molar-refractivity contribution in [3.63, 3.8) is 0 Å². The van der Waals surface area contributed by atoms with Crippen LogP contribution >= 0.6 is 23.2 Å². The van der Waals surface area contributed by atoms with E-state index in [0.717, 1.165) is 29.4 Å². The first kappa shape index (κ1) is 20.8. The maximum atomic E-state index is 12.7. The fraction of sp³-hybridized carbons (Fsp3) is 0.304. The summed E-state index contributed by atoms with van der Waals surface area (Å²) in [4.78, 5) is 21.2. The summed E-state index contributed by atoms with van der Waals surface area (Å²) in [6.45, 7) is 5.08. The predicted octanol–water partition coefficient (Wildman–Crippen LogP) is 5.24. The summed E-state index contributed by atoms with van der Waals surface area (Å²) in [6, 6.07) is 13.3. The van der Waals surface area contributed by atoms with E-state index in [1.54, 1.807) is 6.20 Å². The number of rotatable bonds is 5. The molecule has 1 aliphatic rings. The van der Waals surface area contributed by atoms with Gasteiger partial charge in [0.1, 0.15) is 0 Å². The quantitative estimate of drug-likeness (QED) is 0.540. The van der Waals surface area contributed by atoms with Crippen molar-refractivity contribution in [3.05, 3.63) is 70.2 Å². The first-order valence-corrected chi connectivity index (χ1v) is 10.7. The number of aryl methyl sites for hydroxylation is 2. The molecule has 30 heavy (non-hydrogen) atoms. The monoisotopic (exact) mass is 443 g/mol. The van der Waals surface area contributed by atoms with Gasteiger partial charge in [0.05, 0.1) is 6.20 Å². The zero-order valence-electron chi connectivity index (χ0n) is 16.8. The third kappa shape index (κ3) is 4.79. The number of carbonyl (C=O) groups is 1. The van der Waals surface area contributed by atoms with E-state index < -0.39 is 0 Å². The summed E-state index contributed by atoms with van der Waals surface area (Å²) in [5.41, 5.74) is 3.25. The van der Waals surface area contributed by atoms with E-state index in [0.29, 0.717) is 42.6 Å². The van der Waals surface area contributed by atoms with E-state index in [9.17, 15) is 4.79 Å². The van der Waals surface area contributed by atoms with Gasteiger partial charge < -0.3 is 14.2 Å². The van der Waals surface area contributed by atoms with E-state index in [4.69, 9.17) is 27.6 Å². The van der Waals surface area contributed by atoms with Gasteiger partial charge in [0.25, 0.3) is 0 Å². The number of anilines is 1. The molecule has 0 unspecified atom stereocenters. The Labute approximate surface area is 186 Å². The Kier molecular flexibility index (Phi) is 6.30. The molecule has 3 aromatic rings. The molecule has 1 aromatic heterocycles. The Balaban J connectivity index is 1.29. The van der Waals surface area contributed by atoms with Crippen molar-refractivity contribution >= 4 is 34.8 Å². The summed E-state index contributed by atoms with van der Waals surface area (Å²) < 4.78 is 5.80. The Hall–Kier alpha value is -2.50. The topological polar surface area (TPSA) is 49.6 Å². The van der Waals surface area contributed by atoms with Gasteiger partial charge in [0, 0.05) is 60.3 Å².